The molecule has 10 heteroatoms. The highest BCUT2D eigenvalue weighted by atomic mass is 32.2. The summed E-state index contributed by atoms with van der Waals surface area (Å²) in [5.41, 5.74) is 2.13. The molecule has 1 atom stereocenters. The third-order valence-electron chi connectivity index (χ3n) is 5.97. The molecule has 0 radical (unpaired) electrons. The fourth-order valence-corrected chi connectivity index (χ4v) is 5.19. The van der Waals surface area contributed by atoms with E-state index in [1.54, 1.807) is 66.4 Å². The number of carbonyl (C=O) groups excluding carboxylic acids is 2. The minimum atomic E-state index is -3.78. The largest absolute Gasteiger partial charge is 0.454 e. The number of sulfonamides is 1. The predicted octanol–water partition coefficient (Wildman–Crippen LogP) is 3.52. The van der Waals surface area contributed by atoms with E-state index in [-0.39, 0.29) is 36.5 Å². The lowest BCUT2D eigenvalue weighted by Gasteiger charge is -2.17. The maximum absolute atomic E-state index is 13.0. The van der Waals surface area contributed by atoms with Gasteiger partial charge >= 0.3 is 0 Å². The van der Waals surface area contributed by atoms with E-state index >= 15 is 0 Å². The number of carbonyl (C=O) groups is 2. The molecule has 0 aromatic heterocycles. The van der Waals surface area contributed by atoms with Gasteiger partial charge in [0.2, 0.25) is 18.6 Å². The standard InChI is InChI=1S/C25H23N3O6S/c1-16-7-8-18(12-21(16)27-35(31,32)20-5-3-2-4-6-20)26-25(30)17-11-24(29)28(14-17)19-9-10-22-23(13-19)34-15-33-22/h2-10,12-13,17,27H,11,14-15H2,1H3,(H,26,30). The Hall–Kier alpha value is -4.05. The molecule has 1 saturated heterocycles. The van der Waals surface area contributed by atoms with Gasteiger partial charge in [0.1, 0.15) is 0 Å². The molecule has 0 aliphatic carbocycles. The molecule has 5 rings (SSSR count). The van der Waals surface area contributed by atoms with Crippen molar-refractivity contribution in [1.29, 1.82) is 0 Å². The van der Waals surface area contributed by atoms with Gasteiger partial charge in [0.05, 0.1) is 16.5 Å². The fourth-order valence-electron chi connectivity index (χ4n) is 4.04. The molecule has 2 amide bonds. The Morgan fingerprint density at radius 1 is 1.00 bits per heavy atom. The maximum atomic E-state index is 13.0. The van der Waals surface area contributed by atoms with Crippen LogP contribution in [0.4, 0.5) is 17.1 Å². The molecule has 35 heavy (non-hydrogen) atoms. The van der Waals surface area contributed by atoms with E-state index in [0.717, 1.165) is 0 Å². The van der Waals surface area contributed by atoms with Crippen LogP contribution in [0.25, 0.3) is 0 Å². The first-order chi connectivity index (χ1) is 16.8. The minimum Gasteiger partial charge on any atom is -0.454 e. The summed E-state index contributed by atoms with van der Waals surface area (Å²) in [5, 5.41) is 2.81. The van der Waals surface area contributed by atoms with Crippen LogP contribution in [0.5, 0.6) is 11.5 Å². The zero-order valence-electron chi connectivity index (χ0n) is 18.9. The van der Waals surface area contributed by atoms with Crippen molar-refractivity contribution in [3.05, 3.63) is 72.3 Å². The van der Waals surface area contributed by atoms with Crippen molar-refractivity contribution >= 4 is 38.9 Å². The highest BCUT2D eigenvalue weighted by molar-refractivity contribution is 7.92. The summed E-state index contributed by atoms with van der Waals surface area (Å²) in [6, 6.07) is 18.3. The number of hydrogen-bond acceptors (Lipinski definition) is 6. The number of benzene rings is 3. The zero-order valence-corrected chi connectivity index (χ0v) is 19.7. The third-order valence-corrected chi connectivity index (χ3v) is 7.35. The van der Waals surface area contributed by atoms with E-state index < -0.39 is 15.9 Å². The van der Waals surface area contributed by atoms with Crippen LogP contribution in [0.2, 0.25) is 0 Å². The first-order valence-corrected chi connectivity index (χ1v) is 12.5. The summed E-state index contributed by atoms with van der Waals surface area (Å²) in [6.45, 7) is 2.13. The van der Waals surface area contributed by atoms with Gasteiger partial charge in [-0.05, 0) is 48.9 Å². The lowest BCUT2D eigenvalue weighted by Crippen LogP contribution is -2.28. The molecular formula is C25H23N3O6S. The molecule has 0 bridgehead atoms. The second-order valence-electron chi connectivity index (χ2n) is 8.38. The van der Waals surface area contributed by atoms with Crippen molar-refractivity contribution in [2.24, 2.45) is 5.92 Å². The zero-order chi connectivity index (χ0) is 24.6. The Morgan fingerprint density at radius 3 is 2.57 bits per heavy atom. The quantitative estimate of drug-likeness (QED) is 0.543. The summed E-state index contributed by atoms with van der Waals surface area (Å²) in [7, 11) is -3.78. The number of hydrogen-bond donors (Lipinski definition) is 2. The summed E-state index contributed by atoms with van der Waals surface area (Å²) in [5.74, 6) is 0.145. The predicted molar refractivity (Wildman–Crippen MR) is 130 cm³/mol. The molecule has 3 aromatic carbocycles. The van der Waals surface area contributed by atoms with Crippen LogP contribution in [0, 0.1) is 12.8 Å². The number of rotatable bonds is 6. The van der Waals surface area contributed by atoms with E-state index in [1.807, 2.05) is 0 Å². The normalized spacial score (nSPS) is 16.9. The Kier molecular flexibility index (Phi) is 5.81. The van der Waals surface area contributed by atoms with Crippen molar-refractivity contribution in [2.75, 3.05) is 28.3 Å². The number of anilines is 3. The highest BCUT2D eigenvalue weighted by Crippen LogP contribution is 2.37. The van der Waals surface area contributed by atoms with Crippen LogP contribution in [0.1, 0.15) is 12.0 Å². The van der Waals surface area contributed by atoms with Gasteiger partial charge < -0.3 is 19.7 Å². The van der Waals surface area contributed by atoms with Gasteiger partial charge in [-0.2, -0.15) is 0 Å². The van der Waals surface area contributed by atoms with Crippen LogP contribution in [-0.2, 0) is 19.6 Å². The molecule has 1 unspecified atom stereocenters. The van der Waals surface area contributed by atoms with Gasteiger partial charge in [-0.25, -0.2) is 8.42 Å². The van der Waals surface area contributed by atoms with Crippen LogP contribution in [-0.4, -0.2) is 33.6 Å². The summed E-state index contributed by atoms with van der Waals surface area (Å²) in [6.07, 6.45) is 0.0691. The molecule has 3 aromatic rings. The van der Waals surface area contributed by atoms with Crippen LogP contribution < -0.4 is 24.4 Å². The lowest BCUT2D eigenvalue weighted by atomic mass is 10.1. The van der Waals surface area contributed by atoms with Crippen LogP contribution >= 0.6 is 0 Å². The smallest absolute Gasteiger partial charge is 0.261 e. The number of aryl methyl sites for hydroxylation is 1. The Balaban J connectivity index is 1.28. The van der Waals surface area contributed by atoms with Gasteiger partial charge in [-0.3, -0.25) is 14.3 Å². The Labute approximate surface area is 202 Å². The molecule has 2 aliphatic rings. The molecule has 9 nitrogen and oxygen atoms in total. The Bertz CT molecular complexity index is 1410. The van der Waals surface area contributed by atoms with E-state index in [9.17, 15) is 18.0 Å². The maximum Gasteiger partial charge on any atom is 0.261 e. The SMILES string of the molecule is Cc1ccc(NC(=O)C2CC(=O)N(c3ccc4c(c3)OCO4)C2)cc1NS(=O)(=O)c1ccccc1. The molecule has 2 aliphatic heterocycles. The van der Waals surface area contributed by atoms with E-state index in [1.165, 1.54) is 12.1 Å². The average Bonchev–Trinajstić information content (AvgIpc) is 3.47. The van der Waals surface area contributed by atoms with Gasteiger partial charge in [-0.1, -0.05) is 24.3 Å². The first-order valence-electron chi connectivity index (χ1n) is 11.0. The molecule has 0 saturated carbocycles. The van der Waals surface area contributed by atoms with Gasteiger partial charge in [0.25, 0.3) is 10.0 Å². The van der Waals surface area contributed by atoms with Gasteiger partial charge in [0.15, 0.2) is 11.5 Å². The second kappa shape index (κ2) is 8.95. The summed E-state index contributed by atoms with van der Waals surface area (Å²) >= 11 is 0. The molecule has 180 valence electrons. The highest BCUT2D eigenvalue weighted by Gasteiger charge is 2.35. The average molecular weight is 494 g/mol. The first kappa shape index (κ1) is 22.7. The Morgan fingerprint density at radius 2 is 1.77 bits per heavy atom. The molecule has 1 fully saturated rings. The fraction of sp³-hybridized carbons (Fsp3) is 0.200. The van der Waals surface area contributed by atoms with Gasteiger partial charge in [0, 0.05) is 30.4 Å². The second-order valence-corrected chi connectivity index (χ2v) is 10.1. The van der Waals surface area contributed by atoms with E-state index in [4.69, 9.17) is 9.47 Å². The third kappa shape index (κ3) is 4.65. The van der Waals surface area contributed by atoms with Crippen LogP contribution in [0.15, 0.2) is 71.6 Å². The van der Waals surface area contributed by atoms with E-state index in [2.05, 4.69) is 10.0 Å². The number of ether oxygens (including phenoxy) is 2. The number of fused-ring (bicyclic) bond motifs is 1. The van der Waals surface area contributed by atoms with E-state index in [0.29, 0.717) is 34.1 Å². The molecule has 0 spiro atoms. The van der Waals surface area contributed by atoms with Crippen LogP contribution in [0.3, 0.4) is 0 Å². The summed E-state index contributed by atoms with van der Waals surface area (Å²) < 4.78 is 38.7. The number of nitrogens with one attached hydrogen (secondary N) is 2. The van der Waals surface area contributed by atoms with Crippen molar-refractivity contribution in [3.63, 3.8) is 0 Å². The minimum absolute atomic E-state index is 0.0691. The molecule has 2 heterocycles. The number of nitrogens with zero attached hydrogens (tertiary/aromatic N) is 1. The lowest BCUT2D eigenvalue weighted by molar-refractivity contribution is -0.122. The monoisotopic (exact) mass is 493 g/mol. The van der Waals surface area contributed by atoms with Crippen molar-refractivity contribution in [2.45, 2.75) is 18.2 Å². The molecule has 2 N–H and O–H groups in total. The topological polar surface area (TPSA) is 114 Å². The van der Waals surface area contributed by atoms with Crippen molar-refractivity contribution in [3.8, 4) is 11.5 Å². The van der Waals surface area contributed by atoms with Crippen molar-refractivity contribution < 1.29 is 27.5 Å². The number of amides is 2. The van der Waals surface area contributed by atoms with Crippen molar-refractivity contribution in [1.82, 2.24) is 0 Å². The van der Waals surface area contributed by atoms with Gasteiger partial charge in [-0.15, -0.1) is 0 Å². The summed E-state index contributed by atoms with van der Waals surface area (Å²) in [4.78, 5) is 27.3. The molecular weight excluding hydrogens is 470 g/mol.